The van der Waals surface area contributed by atoms with E-state index in [0.29, 0.717) is 85.7 Å². The first-order chi connectivity index (χ1) is 42.6. The number of aliphatic hydroxyl groups is 4. The van der Waals surface area contributed by atoms with Crippen molar-refractivity contribution in [2.45, 2.75) is 148 Å². The van der Waals surface area contributed by atoms with Crippen molar-refractivity contribution in [1.82, 2.24) is 9.62 Å². The molecular formula is C57H76N5O24S6+. The van der Waals surface area contributed by atoms with Gasteiger partial charge in [0.2, 0.25) is 27.1 Å². The molecule has 0 spiro atoms. The Morgan fingerprint density at radius 3 is 1.98 bits per heavy atom. The highest BCUT2D eigenvalue weighted by Crippen LogP contribution is 2.49. The van der Waals surface area contributed by atoms with Crippen molar-refractivity contribution < 1.29 is 112 Å². The van der Waals surface area contributed by atoms with E-state index >= 15 is 0 Å². The van der Waals surface area contributed by atoms with Gasteiger partial charge in [-0.2, -0.15) is 51.0 Å². The first-order valence-electron chi connectivity index (χ1n) is 29.1. The second kappa shape index (κ2) is 27.7. The van der Waals surface area contributed by atoms with E-state index in [0.717, 1.165) is 0 Å². The molecule has 29 nitrogen and oxygen atoms in total. The van der Waals surface area contributed by atoms with Gasteiger partial charge in [-0.3, -0.25) is 27.2 Å². The number of carbonyl (C=O) groups excluding carboxylic acids is 1. The minimum Gasteiger partial charge on any atom is -0.457 e. The predicted molar refractivity (Wildman–Crippen MR) is 333 cm³/mol. The molecule has 7 atom stereocenters. The van der Waals surface area contributed by atoms with Crippen LogP contribution in [0.2, 0.25) is 0 Å². The molecular weight excluding hydrogens is 1330 g/mol. The summed E-state index contributed by atoms with van der Waals surface area (Å²) in [7, 11) is -27.6. The highest BCUT2D eigenvalue weighted by Gasteiger charge is 2.55. The van der Waals surface area contributed by atoms with Crippen LogP contribution in [-0.4, -0.2) is 196 Å². The first kappa shape index (κ1) is 72.4. The molecule has 0 aromatic heterocycles. The maximum Gasteiger partial charge on any atom is 0.333 e. The van der Waals surface area contributed by atoms with Crippen LogP contribution in [0.15, 0.2) is 117 Å². The minimum atomic E-state index is -5.01. The molecule has 3 aromatic rings. The van der Waals surface area contributed by atoms with E-state index in [9.17, 15) is 93.9 Å². The molecule has 0 saturated carbocycles. The van der Waals surface area contributed by atoms with Gasteiger partial charge in [-0.1, -0.05) is 32.1 Å². The molecule has 5 aliphatic rings. The van der Waals surface area contributed by atoms with E-state index in [-0.39, 0.29) is 61.5 Å². The van der Waals surface area contributed by atoms with E-state index < -0.39 is 151 Å². The van der Waals surface area contributed by atoms with Gasteiger partial charge in [-0.15, -0.1) is 0 Å². The van der Waals surface area contributed by atoms with Gasteiger partial charge in [0.1, 0.15) is 48.5 Å². The van der Waals surface area contributed by atoms with E-state index in [1.807, 2.05) is 61.5 Å². The highest BCUT2D eigenvalue weighted by atomic mass is 32.2. The van der Waals surface area contributed by atoms with Gasteiger partial charge < -0.3 is 40.1 Å². The van der Waals surface area contributed by atoms with Crippen molar-refractivity contribution in [1.29, 1.82) is 0 Å². The Balaban J connectivity index is 1.13. The fourth-order valence-corrected chi connectivity index (χ4v) is 16.9. The van der Waals surface area contributed by atoms with E-state index in [1.54, 1.807) is 36.4 Å². The number of hydrogen-bond acceptors (Lipinski definition) is 21. The summed E-state index contributed by atoms with van der Waals surface area (Å²) in [5.74, 6) is -1.20. The predicted octanol–water partition coefficient (Wildman–Crippen LogP) is 2.02. The zero-order chi connectivity index (χ0) is 67.9. The molecule has 1 aliphatic carbocycles. The van der Waals surface area contributed by atoms with Gasteiger partial charge in [-0.05, 0) is 136 Å². The first-order valence-corrected chi connectivity index (χ1v) is 38.2. The third-order valence-corrected chi connectivity index (χ3v) is 22.7. The van der Waals surface area contributed by atoms with Gasteiger partial charge in [0, 0.05) is 67.0 Å². The topological polar surface area (TPSA) is 459 Å². The number of nitrogens with two attached hydrogens (primary N) is 1. The highest BCUT2D eigenvalue weighted by molar-refractivity contribution is 7.89. The summed E-state index contributed by atoms with van der Waals surface area (Å²) in [6.07, 6.45) is -0.234. The van der Waals surface area contributed by atoms with E-state index in [1.165, 1.54) is 24.3 Å². The Kier molecular flexibility index (Phi) is 21.8. The Morgan fingerprint density at radius 2 is 1.37 bits per heavy atom. The Labute approximate surface area is 534 Å². The van der Waals surface area contributed by atoms with Gasteiger partial charge >= 0.3 is 10.3 Å². The van der Waals surface area contributed by atoms with Crippen molar-refractivity contribution in [3.8, 4) is 5.75 Å². The molecule has 0 bridgehead atoms. The number of amides is 1. The summed E-state index contributed by atoms with van der Waals surface area (Å²) in [6.45, 7) is 6.02. The molecule has 8 rings (SSSR count). The molecule has 4 aliphatic heterocycles. The van der Waals surface area contributed by atoms with Crippen LogP contribution in [0.5, 0.6) is 5.75 Å². The molecule has 2 fully saturated rings. The Morgan fingerprint density at radius 1 is 0.750 bits per heavy atom. The van der Waals surface area contributed by atoms with Gasteiger partial charge in [0.05, 0.1) is 39.4 Å². The van der Waals surface area contributed by atoms with Crippen LogP contribution in [0, 0.1) is 0 Å². The summed E-state index contributed by atoms with van der Waals surface area (Å²) in [5.41, 5.74) is 1.37. The lowest BCUT2D eigenvalue weighted by Crippen LogP contribution is -2.63. The summed E-state index contributed by atoms with van der Waals surface area (Å²) in [4.78, 5) is 15.1. The molecule has 35 heteroatoms. The zero-order valence-corrected chi connectivity index (χ0v) is 55.3. The number of aliphatic hydroxyl groups excluding tert-OH is 4. The fourth-order valence-electron chi connectivity index (χ4n) is 12.2. The van der Waals surface area contributed by atoms with Gasteiger partial charge in [-0.25, -0.2) is 13.6 Å². The molecule has 0 radical (unpaired) electrons. The summed E-state index contributed by atoms with van der Waals surface area (Å²) in [6, 6.07) is 13.4. The smallest absolute Gasteiger partial charge is 0.333 e. The molecule has 2 saturated heterocycles. The SMILES string of the molecule is CC1(C)C(/C=C/C2=C(Oc3ccc(CCNC(=O)[C@@H]4C[C@@H](OS(N)(=O)=O)CN4S(=O)(=O)[C@@H]4OC(CO)C(O)[C@H](O)C4O)cc3)C(=C/C=C3/N(CCCCS(=O)(=O)O)c4ccc(S(=O)(=O)O)cc4C3(C)C)/CCC2)=[N+](CCCCS(=O)(=O)O)c2ccc(S(=O)(=O)O)cc21. The van der Waals surface area contributed by atoms with Crippen LogP contribution in [0.1, 0.15) is 95.8 Å². The zero-order valence-electron chi connectivity index (χ0n) is 50.4. The molecule has 11 N–H and O–H groups in total. The van der Waals surface area contributed by atoms with Gasteiger partial charge in [0.15, 0.2) is 5.71 Å². The number of ether oxygens (including phenoxy) is 2. The number of sulfonamides is 1. The second-order valence-electron chi connectivity index (χ2n) is 24.1. The van der Waals surface area contributed by atoms with Crippen LogP contribution >= 0.6 is 0 Å². The number of carbonyl (C=O) groups is 1. The average Bonchev–Trinajstić information content (AvgIpc) is 1.56. The lowest BCUT2D eigenvalue weighted by atomic mass is 9.81. The van der Waals surface area contributed by atoms with Crippen molar-refractivity contribution in [2.75, 3.05) is 49.2 Å². The Bertz CT molecular complexity index is 4210. The van der Waals surface area contributed by atoms with Crippen LogP contribution in [0.3, 0.4) is 0 Å². The molecule has 508 valence electrons. The Hall–Kier alpha value is -5.42. The lowest BCUT2D eigenvalue weighted by molar-refractivity contribution is -0.438. The monoisotopic (exact) mass is 1410 g/mol. The molecule has 3 aromatic carbocycles. The van der Waals surface area contributed by atoms with Crippen molar-refractivity contribution in [2.24, 2.45) is 5.14 Å². The number of nitrogens with zero attached hydrogens (tertiary/aromatic N) is 3. The van der Waals surface area contributed by atoms with Crippen molar-refractivity contribution >= 4 is 83.8 Å². The standard InChI is InChI=1S/C57H75N5O24S6/c1-56(2)42-31-40(90(76,77)78)18-20-44(42)60(26-5-7-28-87(68,69)70)48(56)22-14-36-10-9-11-37(15-23-49-57(3,4)43-32-41(91(79,80)81)19-21-45(43)61(49)27-6-8-29-88(71,72)73)53(36)84-38-16-12-35(13-17-38)24-25-59-54(67)46-30-39(86-92(58,82)83)33-62(46)89(74,75)55-52(66)51(65)50(64)47(34-63)85-55/h12-23,31-32,39,46-47,50-52,55,63-66H,5-11,24-30,33-34H2,1-4H3,(H6-,58,59,67,68,69,70,71,72,73,76,77,78,79,80,81,82,83)/p+1/t39-,46+,47?,50?,51+,52?,55+/m1/s1. The maximum atomic E-state index is 14.0. The maximum absolute atomic E-state index is 14.0. The largest absolute Gasteiger partial charge is 0.457 e. The number of nitrogens with one attached hydrogen (secondary N) is 1. The van der Waals surface area contributed by atoms with Crippen LogP contribution < -0.4 is 20.1 Å². The number of anilines is 1. The number of hydrogen-bond donors (Lipinski definition) is 10. The molecule has 4 heterocycles. The summed E-state index contributed by atoms with van der Waals surface area (Å²) < 4.78 is 207. The van der Waals surface area contributed by atoms with Crippen LogP contribution in [-0.2, 0) is 91.8 Å². The third-order valence-electron chi connectivity index (χ3n) is 16.9. The average molecular weight is 1410 g/mol. The summed E-state index contributed by atoms with van der Waals surface area (Å²) in [5, 5.41) is 48.8. The number of allylic oxidation sites excluding steroid dienone is 7. The molecule has 92 heavy (non-hydrogen) atoms. The van der Waals surface area contributed by atoms with E-state index in [2.05, 4.69) is 5.32 Å². The van der Waals surface area contributed by atoms with Gasteiger partial charge in [0.25, 0.3) is 40.5 Å². The van der Waals surface area contributed by atoms with Crippen LogP contribution in [0.25, 0.3) is 0 Å². The second-order valence-corrected chi connectivity index (χ2v) is 33.2. The summed E-state index contributed by atoms with van der Waals surface area (Å²) >= 11 is 0. The molecule has 3 unspecified atom stereocenters. The normalized spacial score (nSPS) is 24.9. The fraction of sp³-hybridized carbons (Fsp3) is 0.509. The quantitative estimate of drug-likeness (QED) is 0.0312. The number of benzene rings is 3. The lowest BCUT2D eigenvalue weighted by Gasteiger charge is -2.41. The number of unbranched alkanes of at least 4 members (excludes halogenated alkanes) is 2. The van der Waals surface area contributed by atoms with Crippen molar-refractivity contribution in [3.63, 3.8) is 0 Å². The molecule has 1 amide bonds. The van der Waals surface area contributed by atoms with E-state index in [4.69, 9.17) is 18.8 Å². The third kappa shape index (κ3) is 16.8. The minimum absolute atomic E-state index is 0.0848. The van der Waals surface area contributed by atoms with Crippen LogP contribution in [0.4, 0.5) is 11.4 Å². The van der Waals surface area contributed by atoms with Crippen molar-refractivity contribution in [3.05, 3.63) is 124 Å². The number of fused-ring (bicyclic) bond motifs is 2. The number of rotatable bonds is 26.